The van der Waals surface area contributed by atoms with Crippen LogP contribution in [0.25, 0.3) is 21.9 Å². The van der Waals surface area contributed by atoms with Crippen molar-refractivity contribution in [1.29, 1.82) is 0 Å². The van der Waals surface area contributed by atoms with Crippen molar-refractivity contribution in [2.75, 3.05) is 0 Å². The van der Waals surface area contributed by atoms with Gasteiger partial charge in [-0.15, -0.1) is 0 Å². The second-order valence-corrected chi connectivity index (χ2v) is 5.60. The fraction of sp³-hybridized carbons (Fsp3) is 0.211. The van der Waals surface area contributed by atoms with Gasteiger partial charge in [-0.2, -0.15) is 0 Å². The van der Waals surface area contributed by atoms with Crippen LogP contribution in [-0.4, -0.2) is 11.0 Å². The zero-order valence-electron chi connectivity index (χ0n) is 12.5. The summed E-state index contributed by atoms with van der Waals surface area (Å²) in [6, 6.07) is 17.6. The number of hydrogen-bond acceptors (Lipinski definition) is 2. The first-order valence-corrected chi connectivity index (χ1v) is 7.40. The predicted molar refractivity (Wildman–Crippen MR) is 89.2 cm³/mol. The van der Waals surface area contributed by atoms with Gasteiger partial charge in [-0.25, -0.2) is 0 Å². The highest BCUT2D eigenvalue weighted by atomic mass is 14.9. The SMILES string of the molecule is CC(C)NCc1ccccc1-c1cccc2ccncc12. The minimum absolute atomic E-state index is 0.479. The van der Waals surface area contributed by atoms with Crippen LogP contribution < -0.4 is 5.32 Å². The number of hydrogen-bond donors (Lipinski definition) is 1. The van der Waals surface area contributed by atoms with E-state index in [-0.39, 0.29) is 0 Å². The Bertz CT molecular complexity index is 742. The Morgan fingerprint density at radius 1 is 0.952 bits per heavy atom. The molecule has 1 heterocycles. The monoisotopic (exact) mass is 276 g/mol. The molecule has 1 aromatic heterocycles. The van der Waals surface area contributed by atoms with Crippen molar-refractivity contribution in [3.05, 3.63) is 66.5 Å². The zero-order chi connectivity index (χ0) is 14.7. The summed E-state index contributed by atoms with van der Waals surface area (Å²) >= 11 is 0. The maximum atomic E-state index is 4.29. The molecule has 0 amide bonds. The highest BCUT2D eigenvalue weighted by Gasteiger charge is 2.08. The number of rotatable bonds is 4. The van der Waals surface area contributed by atoms with E-state index in [1.165, 1.54) is 27.5 Å². The Labute approximate surface area is 125 Å². The predicted octanol–water partition coefficient (Wildman–Crippen LogP) is 4.40. The Hall–Kier alpha value is -2.19. The van der Waals surface area contributed by atoms with Gasteiger partial charge in [0.15, 0.2) is 0 Å². The van der Waals surface area contributed by atoms with Crippen LogP contribution in [0.3, 0.4) is 0 Å². The molecule has 106 valence electrons. The molecule has 0 saturated heterocycles. The van der Waals surface area contributed by atoms with Crippen LogP contribution >= 0.6 is 0 Å². The van der Waals surface area contributed by atoms with Crippen LogP contribution in [-0.2, 0) is 6.54 Å². The molecule has 0 aliphatic rings. The lowest BCUT2D eigenvalue weighted by molar-refractivity contribution is 0.589. The molecular weight excluding hydrogens is 256 g/mol. The van der Waals surface area contributed by atoms with Crippen molar-refractivity contribution in [2.45, 2.75) is 26.4 Å². The Morgan fingerprint density at radius 3 is 2.62 bits per heavy atom. The van der Waals surface area contributed by atoms with Gasteiger partial charge in [0.2, 0.25) is 0 Å². The first-order chi connectivity index (χ1) is 10.3. The number of aromatic nitrogens is 1. The van der Waals surface area contributed by atoms with Crippen molar-refractivity contribution < 1.29 is 0 Å². The van der Waals surface area contributed by atoms with E-state index in [4.69, 9.17) is 0 Å². The van der Waals surface area contributed by atoms with E-state index in [1.54, 1.807) is 0 Å². The summed E-state index contributed by atoms with van der Waals surface area (Å²) in [5.74, 6) is 0. The number of nitrogens with one attached hydrogen (secondary N) is 1. The fourth-order valence-electron chi connectivity index (χ4n) is 2.60. The molecule has 3 aromatic rings. The molecule has 2 aromatic carbocycles. The second kappa shape index (κ2) is 6.06. The number of fused-ring (bicyclic) bond motifs is 1. The lowest BCUT2D eigenvalue weighted by Gasteiger charge is -2.14. The van der Waals surface area contributed by atoms with Gasteiger partial charge >= 0.3 is 0 Å². The van der Waals surface area contributed by atoms with Crippen molar-refractivity contribution in [3.63, 3.8) is 0 Å². The molecule has 0 bridgehead atoms. The Kier molecular flexibility index (Phi) is 3.98. The minimum atomic E-state index is 0.479. The summed E-state index contributed by atoms with van der Waals surface area (Å²) in [7, 11) is 0. The van der Waals surface area contributed by atoms with Crippen LogP contribution in [0, 0.1) is 0 Å². The van der Waals surface area contributed by atoms with Gasteiger partial charge in [-0.1, -0.05) is 56.3 Å². The van der Waals surface area contributed by atoms with Crippen molar-refractivity contribution in [2.24, 2.45) is 0 Å². The quantitative estimate of drug-likeness (QED) is 0.764. The third-order valence-electron chi connectivity index (χ3n) is 3.69. The van der Waals surface area contributed by atoms with Crippen LogP contribution in [0.15, 0.2) is 60.9 Å². The summed E-state index contributed by atoms with van der Waals surface area (Å²) < 4.78 is 0. The summed E-state index contributed by atoms with van der Waals surface area (Å²) in [5, 5.41) is 5.94. The Morgan fingerprint density at radius 2 is 1.76 bits per heavy atom. The molecule has 0 spiro atoms. The van der Waals surface area contributed by atoms with Crippen molar-refractivity contribution >= 4 is 10.8 Å². The van der Waals surface area contributed by atoms with E-state index >= 15 is 0 Å². The van der Waals surface area contributed by atoms with Crippen LogP contribution in [0.5, 0.6) is 0 Å². The molecule has 3 rings (SSSR count). The molecule has 0 unspecified atom stereocenters. The van der Waals surface area contributed by atoms with Crippen LogP contribution in [0.4, 0.5) is 0 Å². The van der Waals surface area contributed by atoms with Gasteiger partial charge in [0.05, 0.1) is 0 Å². The van der Waals surface area contributed by atoms with Gasteiger partial charge < -0.3 is 5.32 Å². The molecule has 0 fully saturated rings. The molecule has 0 radical (unpaired) electrons. The molecule has 2 nitrogen and oxygen atoms in total. The molecule has 0 atom stereocenters. The third kappa shape index (κ3) is 2.96. The number of pyridine rings is 1. The number of nitrogens with zero attached hydrogens (tertiary/aromatic N) is 1. The smallest absolute Gasteiger partial charge is 0.0352 e. The molecule has 0 aliphatic carbocycles. The number of benzene rings is 2. The van der Waals surface area contributed by atoms with Gasteiger partial charge in [0, 0.05) is 30.4 Å². The van der Waals surface area contributed by atoms with E-state index < -0.39 is 0 Å². The topological polar surface area (TPSA) is 24.9 Å². The lowest BCUT2D eigenvalue weighted by Crippen LogP contribution is -2.22. The summed E-state index contributed by atoms with van der Waals surface area (Å²) in [4.78, 5) is 4.29. The fourth-order valence-corrected chi connectivity index (χ4v) is 2.60. The van der Waals surface area contributed by atoms with Gasteiger partial charge in [0.25, 0.3) is 0 Å². The standard InChI is InChI=1S/C19H20N2/c1-14(2)21-12-16-6-3-4-8-17(16)18-9-5-7-15-10-11-20-13-19(15)18/h3-11,13-14,21H,12H2,1-2H3. The minimum Gasteiger partial charge on any atom is -0.310 e. The van der Waals surface area contributed by atoms with Crippen molar-refractivity contribution in [3.8, 4) is 11.1 Å². The van der Waals surface area contributed by atoms with Crippen molar-refractivity contribution in [1.82, 2.24) is 10.3 Å². The first kappa shape index (κ1) is 13.8. The molecular formula is C19H20N2. The Balaban J connectivity index is 2.10. The van der Waals surface area contributed by atoms with E-state index in [2.05, 4.69) is 72.7 Å². The van der Waals surface area contributed by atoms with Crippen LogP contribution in [0.1, 0.15) is 19.4 Å². The van der Waals surface area contributed by atoms with Gasteiger partial charge in [-0.3, -0.25) is 4.98 Å². The largest absolute Gasteiger partial charge is 0.310 e. The molecule has 2 heteroatoms. The maximum absolute atomic E-state index is 4.29. The normalized spacial score (nSPS) is 11.2. The van der Waals surface area contributed by atoms with E-state index in [0.29, 0.717) is 6.04 Å². The summed E-state index contributed by atoms with van der Waals surface area (Å²) in [6.07, 6.45) is 3.80. The van der Waals surface area contributed by atoms with E-state index in [0.717, 1.165) is 6.54 Å². The highest BCUT2D eigenvalue weighted by Crippen LogP contribution is 2.30. The van der Waals surface area contributed by atoms with E-state index in [1.807, 2.05) is 12.4 Å². The zero-order valence-corrected chi connectivity index (χ0v) is 12.5. The highest BCUT2D eigenvalue weighted by molar-refractivity contribution is 5.96. The molecule has 0 aliphatic heterocycles. The second-order valence-electron chi connectivity index (χ2n) is 5.60. The van der Waals surface area contributed by atoms with Gasteiger partial charge in [0.1, 0.15) is 0 Å². The lowest BCUT2D eigenvalue weighted by atomic mass is 9.95. The molecule has 21 heavy (non-hydrogen) atoms. The van der Waals surface area contributed by atoms with Gasteiger partial charge in [-0.05, 0) is 28.1 Å². The maximum Gasteiger partial charge on any atom is 0.0352 e. The molecule has 1 N–H and O–H groups in total. The summed E-state index contributed by atoms with van der Waals surface area (Å²) in [6.45, 7) is 5.22. The summed E-state index contributed by atoms with van der Waals surface area (Å²) in [5.41, 5.74) is 3.86. The third-order valence-corrected chi connectivity index (χ3v) is 3.69. The first-order valence-electron chi connectivity index (χ1n) is 7.40. The van der Waals surface area contributed by atoms with Crippen LogP contribution in [0.2, 0.25) is 0 Å². The molecule has 0 saturated carbocycles. The average Bonchev–Trinajstić information content (AvgIpc) is 2.53. The average molecular weight is 276 g/mol. The van der Waals surface area contributed by atoms with E-state index in [9.17, 15) is 0 Å².